The molecule has 0 spiro atoms. The standard InChI is InChI=1S/C22H21ClN4O4S3/c1-32-11-10-17(24-18(28)15-4-2-3-5-16(15)23)19(29)25-21-26-27-22(34-21)33-12-13-6-8-14(9-7-13)20(30)31/h2-9,17H,10-12H2,1H3,(H,24,28)(H,30,31)(H,25,26,29)/t17-/m1/s1. The number of halogens is 1. The first-order valence-electron chi connectivity index (χ1n) is 10.0. The monoisotopic (exact) mass is 536 g/mol. The summed E-state index contributed by atoms with van der Waals surface area (Å²) < 4.78 is 0.651. The summed E-state index contributed by atoms with van der Waals surface area (Å²) in [6, 6.07) is 12.5. The summed E-state index contributed by atoms with van der Waals surface area (Å²) in [7, 11) is 0. The van der Waals surface area contributed by atoms with Gasteiger partial charge in [0.25, 0.3) is 5.91 Å². The normalized spacial score (nSPS) is 11.6. The molecule has 178 valence electrons. The van der Waals surface area contributed by atoms with Crippen molar-refractivity contribution in [1.29, 1.82) is 0 Å². The van der Waals surface area contributed by atoms with E-state index in [1.54, 1.807) is 60.3 Å². The zero-order chi connectivity index (χ0) is 24.5. The van der Waals surface area contributed by atoms with Crippen molar-refractivity contribution >= 4 is 69.4 Å². The van der Waals surface area contributed by atoms with Crippen LogP contribution in [-0.4, -0.2) is 51.1 Å². The lowest BCUT2D eigenvalue weighted by atomic mass is 10.1. The Hall–Kier alpha value is -2.60. The van der Waals surface area contributed by atoms with Crippen molar-refractivity contribution < 1.29 is 19.5 Å². The van der Waals surface area contributed by atoms with Crippen LogP contribution in [0, 0.1) is 0 Å². The summed E-state index contributed by atoms with van der Waals surface area (Å²) in [6.07, 6.45) is 2.37. The molecule has 8 nitrogen and oxygen atoms in total. The molecule has 0 aliphatic heterocycles. The van der Waals surface area contributed by atoms with Crippen molar-refractivity contribution in [3.63, 3.8) is 0 Å². The summed E-state index contributed by atoms with van der Waals surface area (Å²) in [6.45, 7) is 0. The zero-order valence-corrected chi connectivity index (χ0v) is 21.2. The molecule has 12 heteroatoms. The molecular weight excluding hydrogens is 516 g/mol. The molecule has 34 heavy (non-hydrogen) atoms. The number of rotatable bonds is 11. The number of hydrogen-bond acceptors (Lipinski definition) is 8. The predicted molar refractivity (Wildman–Crippen MR) is 137 cm³/mol. The highest BCUT2D eigenvalue weighted by Gasteiger charge is 2.23. The number of amides is 2. The van der Waals surface area contributed by atoms with Gasteiger partial charge in [0, 0.05) is 5.75 Å². The lowest BCUT2D eigenvalue weighted by molar-refractivity contribution is -0.118. The molecule has 0 saturated carbocycles. The second-order valence-electron chi connectivity index (χ2n) is 6.94. The van der Waals surface area contributed by atoms with Gasteiger partial charge in [0.05, 0.1) is 16.1 Å². The number of aromatic carboxylic acids is 1. The van der Waals surface area contributed by atoms with Gasteiger partial charge >= 0.3 is 5.97 Å². The number of anilines is 1. The number of carboxylic acid groups (broad SMARTS) is 1. The predicted octanol–water partition coefficient (Wildman–Crippen LogP) is 4.67. The molecule has 1 aromatic heterocycles. The third-order valence-electron chi connectivity index (χ3n) is 4.55. The van der Waals surface area contributed by atoms with Crippen LogP contribution in [0.3, 0.4) is 0 Å². The maximum absolute atomic E-state index is 12.9. The second-order valence-corrected chi connectivity index (χ2v) is 10.5. The summed E-state index contributed by atoms with van der Waals surface area (Å²) in [5.74, 6) is -0.519. The van der Waals surface area contributed by atoms with Gasteiger partial charge in [0.15, 0.2) is 4.34 Å². The third-order valence-corrected chi connectivity index (χ3v) is 7.57. The summed E-state index contributed by atoms with van der Waals surface area (Å²) in [5, 5.41) is 23.2. The molecular formula is C22H21ClN4O4S3. The maximum Gasteiger partial charge on any atom is 0.335 e. The Morgan fingerprint density at radius 2 is 1.85 bits per heavy atom. The SMILES string of the molecule is CSCC[C@@H](NC(=O)c1ccccc1Cl)C(=O)Nc1nnc(SCc2ccc(C(=O)O)cc2)s1. The first-order valence-corrected chi connectivity index (χ1v) is 13.6. The lowest BCUT2D eigenvalue weighted by Gasteiger charge is -2.17. The number of carboxylic acids is 1. The van der Waals surface area contributed by atoms with E-state index in [0.29, 0.717) is 38.0 Å². The average molecular weight is 537 g/mol. The van der Waals surface area contributed by atoms with E-state index in [1.807, 2.05) is 6.26 Å². The van der Waals surface area contributed by atoms with Crippen LogP contribution in [0.4, 0.5) is 5.13 Å². The first kappa shape index (κ1) is 26.0. The molecule has 2 aromatic carbocycles. The Kier molecular flexibility index (Phi) is 9.75. The van der Waals surface area contributed by atoms with Crippen LogP contribution in [0.25, 0.3) is 0 Å². The van der Waals surface area contributed by atoms with Gasteiger partial charge in [0.1, 0.15) is 6.04 Å². The maximum atomic E-state index is 12.9. The number of benzene rings is 2. The molecule has 3 aromatic rings. The Morgan fingerprint density at radius 3 is 2.53 bits per heavy atom. The van der Waals surface area contributed by atoms with Crippen LogP contribution in [0.2, 0.25) is 5.02 Å². The number of aromatic nitrogens is 2. The Labute approximate surface area is 213 Å². The minimum Gasteiger partial charge on any atom is -0.478 e. The number of carbonyl (C=O) groups is 3. The molecule has 0 unspecified atom stereocenters. The minimum atomic E-state index is -0.970. The number of nitrogens with one attached hydrogen (secondary N) is 2. The van der Waals surface area contributed by atoms with Gasteiger partial charge < -0.3 is 10.4 Å². The molecule has 0 fully saturated rings. The molecule has 1 atom stereocenters. The van der Waals surface area contributed by atoms with Gasteiger partial charge in [-0.3, -0.25) is 14.9 Å². The van der Waals surface area contributed by atoms with Crippen molar-refractivity contribution in [2.45, 2.75) is 22.6 Å². The topological polar surface area (TPSA) is 121 Å². The summed E-state index contributed by atoms with van der Waals surface area (Å²) in [4.78, 5) is 36.4. The van der Waals surface area contributed by atoms with E-state index < -0.39 is 17.9 Å². The van der Waals surface area contributed by atoms with Crippen molar-refractivity contribution in [3.8, 4) is 0 Å². The van der Waals surface area contributed by atoms with Gasteiger partial charge in [-0.05, 0) is 48.3 Å². The second kappa shape index (κ2) is 12.7. The van der Waals surface area contributed by atoms with Crippen molar-refractivity contribution in [2.24, 2.45) is 0 Å². The summed E-state index contributed by atoms with van der Waals surface area (Å²) in [5.41, 5.74) is 1.47. The molecule has 0 radical (unpaired) electrons. The quantitative estimate of drug-likeness (QED) is 0.239. The van der Waals surface area contributed by atoms with E-state index in [1.165, 1.54) is 23.1 Å². The number of nitrogens with zero attached hydrogens (tertiary/aromatic N) is 2. The summed E-state index contributed by atoms with van der Waals surface area (Å²) >= 11 is 10.3. The van der Waals surface area contributed by atoms with Crippen LogP contribution in [0.15, 0.2) is 52.9 Å². The van der Waals surface area contributed by atoms with Gasteiger partial charge in [-0.2, -0.15) is 11.8 Å². The number of hydrogen-bond donors (Lipinski definition) is 3. The molecule has 0 aliphatic rings. The lowest BCUT2D eigenvalue weighted by Crippen LogP contribution is -2.44. The largest absolute Gasteiger partial charge is 0.478 e. The molecule has 2 amide bonds. The smallest absolute Gasteiger partial charge is 0.335 e. The Morgan fingerprint density at radius 1 is 1.12 bits per heavy atom. The molecule has 1 heterocycles. The Balaban J connectivity index is 1.59. The van der Waals surface area contributed by atoms with Gasteiger partial charge in [-0.15, -0.1) is 10.2 Å². The van der Waals surface area contributed by atoms with Crippen molar-refractivity contribution in [3.05, 3.63) is 70.2 Å². The zero-order valence-electron chi connectivity index (χ0n) is 18.0. The molecule has 0 saturated heterocycles. The van der Waals surface area contributed by atoms with Crippen LogP contribution >= 0.6 is 46.5 Å². The fraction of sp³-hybridized carbons (Fsp3) is 0.227. The molecule has 0 bridgehead atoms. The van der Waals surface area contributed by atoms with Crippen LogP contribution in [-0.2, 0) is 10.5 Å². The number of thioether (sulfide) groups is 2. The van der Waals surface area contributed by atoms with E-state index in [0.717, 1.165) is 5.56 Å². The van der Waals surface area contributed by atoms with Gasteiger partial charge in [0.2, 0.25) is 11.0 Å². The van der Waals surface area contributed by atoms with Crippen LogP contribution in [0.5, 0.6) is 0 Å². The van der Waals surface area contributed by atoms with E-state index in [9.17, 15) is 14.4 Å². The molecule has 3 N–H and O–H groups in total. The average Bonchev–Trinajstić information content (AvgIpc) is 3.27. The van der Waals surface area contributed by atoms with E-state index in [-0.39, 0.29) is 11.5 Å². The fourth-order valence-corrected chi connectivity index (χ4v) is 5.19. The van der Waals surface area contributed by atoms with E-state index >= 15 is 0 Å². The van der Waals surface area contributed by atoms with Gasteiger partial charge in [-0.25, -0.2) is 4.79 Å². The van der Waals surface area contributed by atoms with Crippen LogP contribution in [0.1, 0.15) is 32.7 Å². The third kappa shape index (κ3) is 7.45. The van der Waals surface area contributed by atoms with Gasteiger partial charge in [-0.1, -0.05) is 59.0 Å². The minimum absolute atomic E-state index is 0.229. The van der Waals surface area contributed by atoms with E-state index in [2.05, 4.69) is 20.8 Å². The molecule has 3 rings (SSSR count). The highest BCUT2D eigenvalue weighted by atomic mass is 35.5. The molecule has 0 aliphatic carbocycles. The number of carbonyl (C=O) groups excluding carboxylic acids is 2. The van der Waals surface area contributed by atoms with Crippen molar-refractivity contribution in [2.75, 3.05) is 17.3 Å². The highest BCUT2D eigenvalue weighted by Crippen LogP contribution is 2.28. The van der Waals surface area contributed by atoms with Crippen molar-refractivity contribution in [1.82, 2.24) is 15.5 Å². The van der Waals surface area contributed by atoms with Crippen LogP contribution < -0.4 is 10.6 Å². The first-order chi connectivity index (χ1) is 16.4. The highest BCUT2D eigenvalue weighted by molar-refractivity contribution is 8.00. The Bertz CT molecular complexity index is 1160. The fourth-order valence-electron chi connectivity index (χ4n) is 2.79. The van der Waals surface area contributed by atoms with E-state index in [4.69, 9.17) is 16.7 Å².